The second-order valence-corrected chi connectivity index (χ2v) is 6.82. The molecule has 0 saturated heterocycles. The van der Waals surface area contributed by atoms with Crippen molar-refractivity contribution in [3.8, 4) is 11.8 Å². The molecule has 22 heavy (non-hydrogen) atoms. The maximum absolute atomic E-state index is 12.4. The topological polar surface area (TPSA) is 85.0 Å². The van der Waals surface area contributed by atoms with Crippen LogP contribution in [-0.4, -0.2) is 31.1 Å². The van der Waals surface area contributed by atoms with Crippen molar-refractivity contribution in [2.75, 3.05) is 12.9 Å². The third-order valence-electron chi connectivity index (χ3n) is 3.31. The molecule has 0 N–H and O–H groups in total. The quantitative estimate of drug-likeness (QED) is 0.810. The van der Waals surface area contributed by atoms with Crippen molar-refractivity contribution >= 4 is 9.84 Å². The summed E-state index contributed by atoms with van der Waals surface area (Å²) in [5, 5.41) is 13.3. The number of aryl methyl sites for hydroxylation is 2. The van der Waals surface area contributed by atoms with Gasteiger partial charge < -0.3 is 4.74 Å². The first-order valence-electron chi connectivity index (χ1n) is 6.82. The van der Waals surface area contributed by atoms with Gasteiger partial charge in [0.2, 0.25) is 0 Å². The van der Waals surface area contributed by atoms with Gasteiger partial charge in [0.15, 0.2) is 9.84 Å². The molecule has 0 unspecified atom stereocenters. The van der Waals surface area contributed by atoms with Crippen LogP contribution in [0.2, 0.25) is 0 Å². The number of benzene rings is 1. The zero-order chi connectivity index (χ0) is 16.2. The first-order valence-corrected chi connectivity index (χ1v) is 8.47. The van der Waals surface area contributed by atoms with Crippen LogP contribution in [0, 0.1) is 11.3 Å². The van der Waals surface area contributed by atoms with Gasteiger partial charge in [-0.25, -0.2) is 8.42 Å². The van der Waals surface area contributed by atoms with Crippen molar-refractivity contribution in [3.63, 3.8) is 0 Å². The molecule has 0 spiro atoms. The summed E-state index contributed by atoms with van der Waals surface area (Å²) in [4.78, 5) is 0.0404. The number of nitriles is 1. The highest BCUT2D eigenvalue weighted by molar-refractivity contribution is 7.91. The second-order valence-electron chi connectivity index (χ2n) is 4.75. The van der Waals surface area contributed by atoms with Crippen molar-refractivity contribution in [3.05, 3.63) is 41.7 Å². The Kier molecular flexibility index (Phi) is 4.83. The molecule has 0 bridgehead atoms. The van der Waals surface area contributed by atoms with Crippen molar-refractivity contribution < 1.29 is 13.2 Å². The van der Waals surface area contributed by atoms with Crippen LogP contribution in [0.3, 0.4) is 0 Å². The summed E-state index contributed by atoms with van der Waals surface area (Å²) in [6.45, 7) is 2.70. The minimum atomic E-state index is -3.54. The van der Waals surface area contributed by atoms with Gasteiger partial charge in [0, 0.05) is 12.7 Å². The predicted octanol–water partition coefficient (Wildman–Crippen LogP) is 1.80. The minimum absolute atomic E-state index is 0.0404. The number of aromatic nitrogens is 2. The molecule has 0 saturated carbocycles. The van der Waals surface area contributed by atoms with E-state index in [1.54, 1.807) is 16.9 Å². The molecule has 0 amide bonds. The van der Waals surface area contributed by atoms with Gasteiger partial charge in [-0.05, 0) is 37.1 Å². The zero-order valence-electron chi connectivity index (χ0n) is 12.5. The highest BCUT2D eigenvalue weighted by atomic mass is 32.2. The fourth-order valence-corrected chi connectivity index (χ4v) is 3.50. The summed E-state index contributed by atoms with van der Waals surface area (Å²) < 4.78 is 31.6. The Bertz CT molecular complexity index is 804. The number of sulfone groups is 1. The molecule has 0 atom stereocenters. The van der Waals surface area contributed by atoms with Crippen molar-refractivity contribution in [2.45, 2.75) is 24.8 Å². The monoisotopic (exact) mass is 319 g/mol. The lowest BCUT2D eigenvalue weighted by Gasteiger charge is -2.07. The van der Waals surface area contributed by atoms with Crippen LogP contribution in [0.15, 0.2) is 35.5 Å². The zero-order valence-corrected chi connectivity index (χ0v) is 13.3. The number of nitrogens with zero attached hydrogens (tertiary/aromatic N) is 3. The van der Waals surface area contributed by atoms with Crippen LogP contribution in [0.25, 0.3) is 0 Å². The molecule has 2 rings (SSSR count). The summed E-state index contributed by atoms with van der Waals surface area (Å²) in [6, 6.07) is 6.31. The number of methoxy groups -OCH3 is 1. The summed E-state index contributed by atoms with van der Waals surface area (Å²) in [7, 11) is -2.07. The molecule has 0 radical (unpaired) electrons. The van der Waals surface area contributed by atoms with Crippen LogP contribution in [0.5, 0.6) is 5.75 Å². The molecule has 1 aromatic heterocycles. The summed E-state index contributed by atoms with van der Waals surface area (Å²) >= 11 is 0. The number of ether oxygens (including phenoxy) is 1. The van der Waals surface area contributed by atoms with Gasteiger partial charge in [-0.1, -0.05) is 0 Å². The molecule has 0 aliphatic rings. The first kappa shape index (κ1) is 16.0. The van der Waals surface area contributed by atoms with E-state index in [2.05, 4.69) is 5.10 Å². The van der Waals surface area contributed by atoms with E-state index in [9.17, 15) is 8.42 Å². The average Bonchev–Trinajstić information content (AvgIpc) is 3.00. The number of hydrogen-bond acceptors (Lipinski definition) is 5. The molecular formula is C15H17N3O3S. The molecule has 116 valence electrons. The van der Waals surface area contributed by atoms with Crippen LogP contribution in [0.1, 0.15) is 18.1 Å². The van der Waals surface area contributed by atoms with Crippen LogP contribution in [0.4, 0.5) is 0 Å². The highest BCUT2D eigenvalue weighted by Gasteiger charge is 2.19. The van der Waals surface area contributed by atoms with E-state index in [1.165, 1.54) is 19.2 Å². The number of hydrogen-bond donors (Lipinski definition) is 0. The summed E-state index contributed by atoms with van der Waals surface area (Å²) in [6.07, 6.45) is 3.85. The lowest BCUT2D eigenvalue weighted by atomic mass is 10.2. The van der Waals surface area contributed by atoms with Crippen LogP contribution < -0.4 is 4.74 Å². The van der Waals surface area contributed by atoms with Gasteiger partial charge in [0.25, 0.3) is 0 Å². The first-order chi connectivity index (χ1) is 10.5. The third kappa shape index (κ3) is 3.46. The summed E-state index contributed by atoms with van der Waals surface area (Å²) in [5.74, 6) is 0.392. The predicted molar refractivity (Wildman–Crippen MR) is 81.4 cm³/mol. The molecule has 1 heterocycles. The SMILES string of the molecule is CCn1cc(CCS(=O)(=O)c2ccc(OC)cc2C#N)cn1. The minimum Gasteiger partial charge on any atom is -0.497 e. The molecular weight excluding hydrogens is 302 g/mol. The Morgan fingerprint density at radius 2 is 2.18 bits per heavy atom. The highest BCUT2D eigenvalue weighted by Crippen LogP contribution is 2.22. The average molecular weight is 319 g/mol. The summed E-state index contributed by atoms with van der Waals surface area (Å²) in [5.41, 5.74) is 0.959. The van der Waals surface area contributed by atoms with Gasteiger partial charge in [-0.2, -0.15) is 10.4 Å². The van der Waals surface area contributed by atoms with Crippen molar-refractivity contribution in [2.24, 2.45) is 0 Å². The maximum atomic E-state index is 12.4. The van der Waals surface area contributed by atoms with E-state index in [0.717, 1.165) is 12.1 Å². The Labute approximate surface area is 129 Å². The Balaban J connectivity index is 2.21. The van der Waals surface area contributed by atoms with E-state index in [-0.39, 0.29) is 16.2 Å². The molecule has 2 aromatic rings. The van der Waals surface area contributed by atoms with Gasteiger partial charge in [-0.3, -0.25) is 4.68 Å². The fourth-order valence-electron chi connectivity index (χ4n) is 2.07. The third-order valence-corrected chi connectivity index (χ3v) is 5.08. The van der Waals surface area contributed by atoms with Gasteiger partial charge in [0.05, 0.1) is 29.5 Å². The molecule has 7 heteroatoms. The van der Waals surface area contributed by atoms with Gasteiger partial charge >= 0.3 is 0 Å². The molecule has 1 aromatic carbocycles. The Morgan fingerprint density at radius 3 is 2.77 bits per heavy atom. The standard InChI is InChI=1S/C15H17N3O3S/c1-3-18-11-12(10-17-18)6-7-22(19,20)15-5-4-14(21-2)8-13(15)9-16/h4-5,8,10-11H,3,6-7H2,1-2H3. The van der Waals surface area contributed by atoms with Gasteiger partial charge in [-0.15, -0.1) is 0 Å². The molecule has 0 fully saturated rings. The van der Waals surface area contributed by atoms with Crippen LogP contribution >= 0.6 is 0 Å². The normalized spacial score (nSPS) is 11.1. The van der Waals surface area contributed by atoms with E-state index in [1.807, 2.05) is 19.2 Å². The van der Waals surface area contributed by atoms with Gasteiger partial charge in [0.1, 0.15) is 11.8 Å². The Hall–Kier alpha value is -2.33. The maximum Gasteiger partial charge on any atom is 0.180 e. The second kappa shape index (κ2) is 6.62. The van der Waals surface area contributed by atoms with E-state index in [4.69, 9.17) is 10.00 Å². The molecule has 0 aliphatic heterocycles. The number of rotatable bonds is 6. The van der Waals surface area contributed by atoms with E-state index < -0.39 is 9.84 Å². The fraction of sp³-hybridized carbons (Fsp3) is 0.333. The smallest absolute Gasteiger partial charge is 0.180 e. The van der Waals surface area contributed by atoms with Crippen LogP contribution in [-0.2, 0) is 22.8 Å². The van der Waals surface area contributed by atoms with E-state index >= 15 is 0 Å². The van der Waals surface area contributed by atoms with Crippen molar-refractivity contribution in [1.82, 2.24) is 9.78 Å². The van der Waals surface area contributed by atoms with Crippen molar-refractivity contribution in [1.29, 1.82) is 5.26 Å². The molecule has 6 nitrogen and oxygen atoms in total. The lowest BCUT2D eigenvalue weighted by Crippen LogP contribution is -2.11. The molecule has 0 aliphatic carbocycles. The van der Waals surface area contributed by atoms with E-state index in [0.29, 0.717) is 12.2 Å². The lowest BCUT2D eigenvalue weighted by molar-refractivity contribution is 0.414. The Morgan fingerprint density at radius 1 is 1.41 bits per heavy atom. The largest absolute Gasteiger partial charge is 0.497 e.